The summed E-state index contributed by atoms with van der Waals surface area (Å²) in [6.07, 6.45) is 2.64. The fraction of sp³-hybridized carbons (Fsp3) is 0.500. The van der Waals surface area contributed by atoms with Crippen molar-refractivity contribution in [2.24, 2.45) is 0 Å². The van der Waals surface area contributed by atoms with Crippen molar-refractivity contribution in [3.05, 3.63) is 42.3 Å². The van der Waals surface area contributed by atoms with Gasteiger partial charge in [-0.25, -0.2) is 0 Å². The standard InChI is InChI=1S/C14H21O2/c1-3-4-6-12-7-5-8-13(9-12)11(2)14(16)10-15/h5,7-9,11,14-16H,2-4,6,10H2,1H3/q-1. The molecule has 16 heavy (non-hydrogen) atoms. The fourth-order valence-corrected chi connectivity index (χ4v) is 1.71. The van der Waals surface area contributed by atoms with Gasteiger partial charge >= 0.3 is 0 Å². The van der Waals surface area contributed by atoms with Crippen LogP contribution in [0.5, 0.6) is 0 Å². The smallest absolute Gasteiger partial charge is 0.0671 e. The molecule has 0 saturated heterocycles. The zero-order valence-corrected chi connectivity index (χ0v) is 9.89. The zero-order valence-electron chi connectivity index (χ0n) is 9.89. The van der Waals surface area contributed by atoms with E-state index in [0.717, 1.165) is 12.0 Å². The maximum absolute atomic E-state index is 9.53. The lowest BCUT2D eigenvalue weighted by atomic mass is 9.93. The highest BCUT2D eigenvalue weighted by molar-refractivity contribution is 5.28. The van der Waals surface area contributed by atoms with Crippen LogP contribution in [0.4, 0.5) is 0 Å². The van der Waals surface area contributed by atoms with Crippen LogP contribution in [0.15, 0.2) is 24.3 Å². The van der Waals surface area contributed by atoms with Crippen molar-refractivity contribution >= 4 is 0 Å². The van der Waals surface area contributed by atoms with Crippen LogP contribution < -0.4 is 0 Å². The maximum Gasteiger partial charge on any atom is 0.0671 e. The predicted molar refractivity (Wildman–Crippen MR) is 66.2 cm³/mol. The average molecular weight is 221 g/mol. The van der Waals surface area contributed by atoms with E-state index < -0.39 is 6.10 Å². The molecule has 0 saturated carbocycles. The second-order valence-electron chi connectivity index (χ2n) is 4.21. The van der Waals surface area contributed by atoms with Gasteiger partial charge in [0.2, 0.25) is 0 Å². The third kappa shape index (κ3) is 3.62. The lowest BCUT2D eigenvalue weighted by Crippen LogP contribution is -2.20. The first-order valence-corrected chi connectivity index (χ1v) is 5.89. The van der Waals surface area contributed by atoms with Crippen LogP contribution in [0.25, 0.3) is 0 Å². The van der Waals surface area contributed by atoms with Crippen molar-refractivity contribution in [1.29, 1.82) is 0 Å². The Morgan fingerprint density at radius 1 is 1.38 bits per heavy atom. The van der Waals surface area contributed by atoms with Crippen LogP contribution in [0, 0.1) is 6.92 Å². The van der Waals surface area contributed by atoms with Gasteiger partial charge in [0.25, 0.3) is 0 Å². The molecular weight excluding hydrogens is 200 g/mol. The lowest BCUT2D eigenvalue weighted by molar-refractivity contribution is 0.0834. The van der Waals surface area contributed by atoms with Crippen LogP contribution in [0.2, 0.25) is 0 Å². The molecule has 2 nitrogen and oxygen atoms in total. The van der Waals surface area contributed by atoms with E-state index in [4.69, 9.17) is 5.11 Å². The topological polar surface area (TPSA) is 40.5 Å². The van der Waals surface area contributed by atoms with E-state index in [2.05, 4.69) is 26.0 Å². The van der Waals surface area contributed by atoms with Crippen LogP contribution in [0.1, 0.15) is 36.8 Å². The van der Waals surface area contributed by atoms with Crippen molar-refractivity contribution in [1.82, 2.24) is 0 Å². The minimum absolute atomic E-state index is 0.243. The van der Waals surface area contributed by atoms with Gasteiger partial charge < -0.3 is 17.1 Å². The molecule has 0 fully saturated rings. The first-order valence-electron chi connectivity index (χ1n) is 5.89. The van der Waals surface area contributed by atoms with Gasteiger partial charge in [0.1, 0.15) is 0 Å². The summed E-state index contributed by atoms with van der Waals surface area (Å²) in [5.74, 6) is -0.258. The number of hydrogen-bond acceptors (Lipinski definition) is 2. The molecule has 0 spiro atoms. The van der Waals surface area contributed by atoms with E-state index >= 15 is 0 Å². The molecule has 0 aliphatic carbocycles. The highest BCUT2D eigenvalue weighted by Crippen LogP contribution is 2.20. The van der Waals surface area contributed by atoms with Crippen molar-refractivity contribution in [2.45, 2.75) is 38.2 Å². The van der Waals surface area contributed by atoms with Crippen LogP contribution in [-0.2, 0) is 6.42 Å². The summed E-state index contributed by atoms with van der Waals surface area (Å²) in [6.45, 7) is 5.82. The minimum Gasteiger partial charge on any atom is -0.394 e. The molecular formula is C14H21O2-. The summed E-state index contributed by atoms with van der Waals surface area (Å²) in [5, 5.41) is 18.4. The molecule has 90 valence electrons. The molecule has 0 bridgehead atoms. The van der Waals surface area contributed by atoms with Gasteiger partial charge in [-0.1, -0.05) is 43.2 Å². The van der Waals surface area contributed by atoms with E-state index in [1.807, 2.05) is 12.1 Å². The van der Waals surface area contributed by atoms with Crippen LogP contribution in [0.3, 0.4) is 0 Å². The molecule has 2 unspecified atom stereocenters. The molecule has 2 heteroatoms. The number of hydrogen-bond donors (Lipinski definition) is 2. The van der Waals surface area contributed by atoms with Crippen molar-refractivity contribution in [2.75, 3.05) is 6.61 Å². The quantitative estimate of drug-likeness (QED) is 0.724. The summed E-state index contributed by atoms with van der Waals surface area (Å²) < 4.78 is 0. The highest BCUT2D eigenvalue weighted by atomic mass is 16.3. The Labute approximate surface area is 97.9 Å². The Balaban J connectivity index is 2.73. The minimum atomic E-state index is -0.776. The molecule has 0 aliphatic rings. The Bertz CT molecular complexity index is 309. The third-order valence-electron chi connectivity index (χ3n) is 2.85. The molecule has 1 aromatic rings. The van der Waals surface area contributed by atoms with E-state index in [1.54, 1.807) is 0 Å². The Morgan fingerprint density at radius 3 is 2.75 bits per heavy atom. The van der Waals surface area contributed by atoms with Gasteiger partial charge in [-0.2, -0.15) is 0 Å². The largest absolute Gasteiger partial charge is 0.394 e. The Hall–Kier alpha value is -0.860. The van der Waals surface area contributed by atoms with E-state index in [0.29, 0.717) is 0 Å². The number of aliphatic hydroxyl groups is 2. The first-order chi connectivity index (χ1) is 7.69. The summed E-state index contributed by atoms with van der Waals surface area (Å²) in [6, 6.07) is 8.11. The first kappa shape index (κ1) is 13.2. The number of aryl methyl sites for hydroxylation is 1. The lowest BCUT2D eigenvalue weighted by Gasteiger charge is -2.23. The molecule has 0 aromatic heterocycles. The highest BCUT2D eigenvalue weighted by Gasteiger charge is 2.09. The van der Waals surface area contributed by atoms with Gasteiger partial charge in [0.05, 0.1) is 12.7 Å². The number of unbranched alkanes of at least 4 members (excludes halogenated alkanes) is 1. The second-order valence-corrected chi connectivity index (χ2v) is 4.21. The zero-order chi connectivity index (χ0) is 12.0. The summed E-state index contributed by atoms with van der Waals surface area (Å²) in [5.41, 5.74) is 2.27. The maximum atomic E-state index is 9.53. The average Bonchev–Trinajstić information content (AvgIpc) is 2.34. The normalized spacial score (nSPS) is 14.8. The third-order valence-corrected chi connectivity index (χ3v) is 2.85. The monoisotopic (exact) mass is 221 g/mol. The number of rotatable bonds is 6. The van der Waals surface area contributed by atoms with Gasteiger partial charge in [-0.3, -0.25) is 0 Å². The molecule has 1 rings (SSSR count). The van der Waals surface area contributed by atoms with Crippen molar-refractivity contribution in [3.8, 4) is 0 Å². The summed E-state index contributed by atoms with van der Waals surface area (Å²) >= 11 is 0. The second kappa shape index (κ2) is 6.66. The molecule has 2 N–H and O–H groups in total. The molecule has 0 radical (unpaired) electrons. The van der Waals surface area contributed by atoms with Gasteiger partial charge in [0.15, 0.2) is 0 Å². The summed E-state index contributed by atoms with van der Waals surface area (Å²) in [4.78, 5) is 0. The molecule has 2 atom stereocenters. The number of aliphatic hydroxyl groups excluding tert-OH is 2. The van der Waals surface area contributed by atoms with Gasteiger partial charge in [-0.15, -0.1) is 5.92 Å². The molecule has 0 heterocycles. The number of benzene rings is 1. The molecule has 0 amide bonds. The van der Waals surface area contributed by atoms with Crippen molar-refractivity contribution < 1.29 is 10.2 Å². The van der Waals surface area contributed by atoms with Crippen LogP contribution in [-0.4, -0.2) is 22.9 Å². The van der Waals surface area contributed by atoms with E-state index in [1.165, 1.54) is 18.4 Å². The van der Waals surface area contributed by atoms with Crippen molar-refractivity contribution in [3.63, 3.8) is 0 Å². The van der Waals surface area contributed by atoms with Gasteiger partial charge in [-0.05, 0) is 18.4 Å². The molecule has 1 aromatic carbocycles. The SMILES string of the molecule is [CH2-]C(c1cccc(CCCC)c1)C(O)CO. The predicted octanol–water partition coefficient (Wildman–Crippen LogP) is 2.30. The van der Waals surface area contributed by atoms with E-state index in [9.17, 15) is 5.11 Å². The Morgan fingerprint density at radius 2 is 2.12 bits per heavy atom. The van der Waals surface area contributed by atoms with E-state index in [-0.39, 0.29) is 12.5 Å². The summed E-state index contributed by atoms with van der Waals surface area (Å²) in [7, 11) is 0. The molecule has 0 aliphatic heterocycles. The van der Waals surface area contributed by atoms with Gasteiger partial charge in [0, 0.05) is 0 Å². The Kier molecular flexibility index (Phi) is 5.50. The van der Waals surface area contributed by atoms with Crippen LogP contribution >= 0.6 is 0 Å². The fourth-order valence-electron chi connectivity index (χ4n) is 1.71.